The number of hydrogen-bond acceptors (Lipinski definition) is 2. The van der Waals surface area contributed by atoms with Crippen LogP contribution in [0.3, 0.4) is 0 Å². The van der Waals surface area contributed by atoms with E-state index in [0.29, 0.717) is 5.41 Å². The Balaban J connectivity index is 1.46. The Labute approximate surface area is 172 Å². The van der Waals surface area contributed by atoms with Crippen molar-refractivity contribution in [2.24, 2.45) is 17.8 Å². The van der Waals surface area contributed by atoms with E-state index in [0.717, 1.165) is 17.8 Å². The average Bonchev–Trinajstić information content (AvgIpc) is 3.25. The minimum Gasteiger partial charge on any atom is -0.290 e. The fourth-order valence-corrected chi connectivity index (χ4v) is 8.13. The van der Waals surface area contributed by atoms with Crippen molar-refractivity contribution in [2.45, 2.75) is 71.1 Å². The minimum atomic E-state index is 0.374. The number of hydrogen-bond donors (Lipinski definition) is 0. The third-order valence-corrected chi connectivity index (χ3v) is 9.00. The molecule has 3 aromatic rings. The molecular formula is C25H30N2S. The molecule has 28 heavy (non-hydrogen) atoms. The van der Waals surface area contributed by atoms with Gasteiger partial charge >= 0.3 is 0 Å². The lowest BCUT2D eigenvalue weighted by Gasteiger charge is -2.36. The third-order valence-electron chi connectivity index (χ3n) is 8.16. The van der Waals surface area contributed by atoms with Crippen LogP contribution in [-0.4, -0.2) is 9.38 Å². The fraction of sp³-hybridized carbons (Fsp3) is 0.560. The van der Waals surface area contributed by atoms with E-state index in [1.54, 1.807) is 0 Å². The zero-order chi connectivity index (χ0) is 19.0. The van der Waals surface area contributed by atoms with Crippen molar-refractivity contribution in [1.82, 2.24) is 9.38 Å². The first-order valence-corrected chi connectivity index (χ1v) is 12.0. The largest absolute Gasteiger partial charge is 0.290 e. The van der Waals surface area contributed by atoms with Gasteiger partial charge in [0.2, 0.25) is 0 Å². The van der Waals surface area contributed by atoms with Gasteiger partial charge in [-0.1, -0.05) is 37.0 Å². The van der Waals surface area contributed by atoms with Crippen LogP contribution in [0.15, 0.2) is 23.7 Å². The number of nitrogens with zero attached hydrogens (tertiary/aromatic N) is 2. The lowest BCUT2D eigenvalue weighted by atomic mass is 9.68. The fourth-order valence-electron chi connectivity index (χ4n) is 7.27. The number of fused-ring (bicyclic) bond motifs is 3. The van der Waals surface area contributed by atoms with Crippen LogP contribution in [0.2, 0.25) is 0 Å². The van der Waals surface area contributed by atoms with E-state index in [1.807, 2.05) is 11.3 Å². The predicted molar refractivity (Wildman–Crippen MR) is 117 cm³/mol. The van der Waals surface area contributed by atoms with Crippen molar-refractivity contribution >= 4 is 16.3 Å². The Bertz CT molecular complexity index is 1050. The highest BCUT2D eigenvalue weighted by atomic mass is 32.1. The number of imidazole rings is 1. The van der Waals surface area contributed by atoms with E-state index in [1.165, 1.54) is 83.5 Å². The summed E-state index contributed by atoms with van der Waals surface area (Å²) in [5.74, 6) is 2.89. The molecule has 3 saturated carbocycles. The summed E-state index contributed by atoms with van der Waals surface area (Å²) in [7, 11) is 0. The molecule has 2 aromatic heterocycles. The molecule has 3 fully saturated rings. The van der Waals surface area contributed by atoms with Crippen LogP contribution in [0.1, 0.15) is 67.3 Å². The third kappa shape index (κ3) is 2.41. The second-order valence-corrected chi connectivity index (χ2v) is 11.0. The maximum Gasteiger partial charge on any atom is 0.194 e. The number of aryl methyl sites for hydroxylation is 3. The number of thiazole rings is 1. The monoisotopic (exact) mass is 390 g/mol. The molecule has 0 aliphatic heterocycles. The molecule has 3 aliphatic rings. The minimum absolute atomic E-state index is 0.374. The van der Waals surface area contributed by atoms with Gasteiger partial charge in [0.15, 0.2) is 4.96 Å². The van der Waals surface area contributed by atoms with Gasteiger partial charge in [-0.2, -0.15) is 0 Å². The molecule has 4 atom stereocenters. The Morgan fingerprint density at radius 3 is 2.64 bits per heavy atom. The SMILES string of the molecule is Cc1cc(C)c(-c2csc3nc(C45CC6CCCC(C4)C(C6)C5)cn23)c(C)c1. The van der Waals surface area contributed by atoms with Crippen molar-refractivity contribution in [1.29, 1.82) is 0 Å². The molecule has 3 heteroatoms. The highest BCUT2D eigenvalue weighted by Gasteiger charge is 2.53. The zero-order valence-corrected chi connectivity index (χ0v) is 18.1. The second-order valence-electron chi connectivity index (χ2n) is 10.1. The standard InChI is InChI=1S/C25H30N2S/c1-15-7-16(2)23(17(3)8-15)21-14-28-24-26-22(13-27(21)24)25-10-18-5-4-6-19(11-25)20(9-18)12-25/h7-8,13-14,18-20H,4-6,9-12H2,1-3H3. The van der Waals surface area contributed by atoms with Crippen LogP contribution in [0, 0.1) is 38.5 Å². The van der Waals surface area contributed by atoms with Crippen molar-refractivity contribution in [3.63, 3.8) is 0 Å². The van der Waals surface area contributed by atoms with Crippen molar-refractivity contribution in [3.8, 4) is 11.3 Å². The first-order chi connectivity index (χ1) is 13.5. The molecule has 0 radical (unpaired) electrons. The second kappa shape index (κ2) is 5.95. The molecule has 1 aromatic carbocycles. The lowest BCUT2D eigenvalue weighted by Crippen LogP contribution is -2.31. The highest BCUT2D eigenvalue weighted by molar-refractivity contribution is 7.15. The van der Waals surface area contributed by atoms with Crippen LogP contribution in [0.25, 0.3) is 16.2 Å². The van der Waals surface area contributed by atoms with Crippen molar-refractivity contribution in [3.05, 3.63) is 46.1 Å². The van der Waals surface area contributed by atoms with Crippen LogP contribution in [0.4, 0.5) is 0 Å². The normalized spacial score (nSPS) is 31.6. The maximum absolute atomic E-state index is 5.24. The zero-order valence-electron chi connectivity index (χ0n) is 17.3. The van der Waals surface area contributed by atoms with Crippen molar-refractivity contribution < 1.29 is 0 Å². The Kier molecular flexibility index (Phi) is 3.67. The molecular weight excluding hydrogens is 360 g/mol. The van der Waals surface area contributed by atoms with Gasteiger partial charge in [0.1, 0.15) is 0 Å². The van der Waals surface area contributed by atoms with Gasteiger partial charge in [0.25, 0.3) is 0 Å². The summed E-state index contributed by atoms with van der Waals surface area (Å²) >= 11 is 1.81. The van der Waals surface area contributed by atoms with E-state index in [2.05, 4.69) is 48.9 Å². The summed E-state index contributed by atoms with van der Waals surface area (Å²) < 4.78 is 2.40. The molecule has 0 spiro atoms. The first-order valence-electron chi connectivity index (χ1n) is 11.1. The molecule has 0 N–H and O–H groups in total. The summed E-state index contributed by atoms with van der Waals surface area (Å²) in [6.07, 6.45) is 12.5. The molecule has 4 unspecified atom stereocenters. The molecule has 3 aliphatic carbocycles. The van der Waals surface area contributed by atoms with Gasteiger partial charge in [0, 0.05) is 22.6 Å². The van der Waals surface area contributed by atoms with Gasteiger partial charge in [-0.15, -0.1) is 11.3 Å². The molecule has 2 heterocycles. The molecule has 6 rings (SSSR count). The molecule has 3 bridgehead atoms. The van der Waals surface area contributed by atoms with Crippen molar-refractivity contribution in [2.75, 3.05) is 0 Å². The molecule has 0 saturated heterocycles. The van der Waals surface area contributed by atoms with Crippen LogP contribution in [0.5, 0.6) is 0 Å². The summed E-state index contributed by atoms with van der Waals surface area (Å²) in [6.45, 7) is 6.69. The quantitative estimate of drug-likeness (QED) is 0.468. The maximum atomic E-state index is 5.24. The van der Waals surface area contributed by atoms with Crippen LogP contribution >= 0.6 is 11.3 Å². The number of aromatic nitrogens is 2. The Hall–Kier alpha value is -1.61. The number of rotatable bonds is 2. The summed E-state index contributed by atoms with van der Waals surface area (Å²) in [4.78, 5) is 6.42. The predicted octanol–water partition coefficient (Wildman–Crippen LogP) is 6.85. The smallest absolute Gasteiger partial charge is 0.194 e. The lowest BCUT2D eigenvalue weighted by molar-refractivity contribution is 0.215. The van der Waals surface area contributed by atoms with Gasteiger partial charge in [0.05, 0.1) is 11.4 Å². The molecule has 146 valence electrons. The highest BCUT2D eigenvalue weighted by Crippen LogP contribution is 2.60. The van der Waals surface area contributed by atoms with E-state index < -0.39 is 0 Å². The molecule has 2 nitrogen and oxygen atoms in total. The first kappa shape index (κ1) is 17.3. The number of benzene rings is 1. The van der Waals surface area contributed by atoms with Crippen LogP contribution in [-0.2, 0) is 5.41 Å². The van der Waals surface area contributed by atoms with Gasteiger partial charge in [-0.05, 0) is 75.3 Å². The Morgan fingerprint density at radius 1 is 1.04 bits per heavy atom. The van der Waals surface area contributed by atoms with Crippen LogP contribution < -0.4 is 0 Å². The van der Waals surface area contributed by atoms with E-state index in [9.17, 15) is 0 Å². The Morgan fingerprint density at radius 2 is 1.82 bits per heavy atom. The summed E-state index contributed by atoms with van der Waals surface area (Å²) in [5, 5.41) is 2.31. The topological polar surface area (TPSA) is 17.3 Å². The summed E-state index contributed by atoms with van der Waals surface area (Å²) in [6, 6.07) is 4.62. The summed E-state index contributed by atoms with van der Waals surface area (Å²) in [5.41, 5.74) is 8.60. The van der Waals surface area contributed by atoms with Gasteiger partial charge < -0.3 is 0 Å². The van der Waals surface area contributed by atoms with E-state index in [4.69, 9.17) is 4.98 Å². The molecule has 0 amide bonds. The van der Waals surface area contributed by atoms with Gasteiger partial charge in [-0.25, -0.2) is 4.98 Å². The van der Waals surface area contributed by atoms with Gasteiger partial charge in [-0.3, -0.25) is 4.40 Å². The van der Waals surface area contributed by atoms with E-state index >= 15 is 0 Å². The average molecular weight is 391 g/mol. The van der Waals surface area contributed by atoms with E-state index in [-0.39, 0.29) is 0 Å².